The highest BCUT2D eigenvalue weighted by molar-refractivity contribution is 7.08. The van der Waals surface area contributed by atoms with E-state index in [4.69, 9.17) is 21.4 Å². The van der Waals surface area contributed by atoms with E-state index < -0.39 is 11.9 Å². The molecule has 1 N–H and O–H groups in total. The van der Waals surface area contributed by atoms with Crippen LogP contribution in [0.5, 0.6) is 5.75 Å². The third kappa shape index (κ3) is 2.66. The number of carboxylic acid groups (broad SMARTS) is 1. The summed E-state index contributed by atoms with van der Waals surface area (Å²) in [6.45, 7) is 0. The molecule has 2 rings (SSSR count). The second-order valence-corrected chi connectivity index (χ2v) is 4.46. The van der Waals surface area contributed by atoms with E-state index in [0.29, 0.717) is 5.02 Å². The van der Waals surface area contributed by atoms with Gasteiger partial charge in [0.25, 0.3) is 0 Å². The van der Waals surface area contributed by atoms with Gasteiger partial charge in [-0.05, 0) is 29.7 Å². The van der Waals surface area contributed by atoms with Crippen LogP contribution >= 0.6 is 23.1 Å². The van der Waals surface area contributed by atoms with Crippen LogP contribution in [0, 0.1) is 0 Å². The number of hydrogen-bond acceptors (Lipinski definition) is 5. The summed E-state index contributed by atoms with van der Waals surface area (Å²) >= 11 is 6.51. The van der Waals surface area contributed by atoms with E-state index in [-0.39, 0.29) is 16.2 Å². The molecule has 1 aromatic carbocycles. The molecule has 1 heterocycles. The van der Waals surface area contributed by atoms with Crippen molar-refractivity contribution in [1.29, 1.82) is 0 Å². The van der Waals surface area contributed by atoms with Gasteiger partial charge in [-0.25, -0.2) is 9.59 Å². The molecule has 5 nitrogen and oxygen atoms in total. The van der Waals surface area contributed by atoms with Gasteiger partial charge < -0.3 is 9.84 Å². The zero-order valence-corrected chi connectivity index (χ0v) is 10.4. The molecule has 0 saturated carbocycles. The molecule has 92 valence electrons. The molecular formula is C11H6ClNO4S. The van der Waals surface area contributed by atoms with Crippen LogP contribution in [0.15, 0.2) is 30.5 Å². The molecule has 7 heteroatoms. The second kappa shape index (κ2) is 5.16. The molecule has 0 radical (unpaired) electrons. The molecule has 0 bridgehead atoms. The van der Waals surface area contributed by atoms with E-state index in [9.17, 15) is 9.59 Å². The summed E-state index contributed by atoms with van der Waals surface area (Å²) in [6.07, 6.45) is 1.11. The minimum absolute atomic E-state index is 0.0533. The van der Waals surface area contributed by atoms with E-state index in [1.165, 1.54) is 6.07 Å². The number of rotatable bonds is 3. The standard InChI is InChI=1S/C11H6ClNO4S/c12-6-2-1-3-7(4-6)17-11(16)9-8(10(14)15)5-13-18-9/h1-5H,(H,14,15). The van der Waals surface area contributed by atoms with E-state index in [2.05, 4.69) is 4.37 Å². The van der Waals surface area contributed by atoms with Crippen LogP contribution in [0.4, 0.5) is 0 Å². The Morgan fingerprint density at radius 3 is 2.83 bits per heavy atom. The summed E-state index contributed by atoms with van der Waals surface area (Å²) in [4.78, 5) is 22.5. The van der Waals surface area contributed by atoms with Crippen LogP contribution in [0.25, 0.3) is 0 Å². The first kappa shape index (κ1) is 12.5. The number of ether oxygens (including phenoxy) is 1. The number of aromatic carboxylic acids is 1. The number of carbonyl (C=O) groups is 2. The van der Waals surface area contributed by atoms with E-state index >= 15 is 0 Å². The summed E-state index contributed by atoms with van der Waals surface area (Å²) in [5.74, 6) is -1.74. The Morgan fingerprint density at radius 2 is 2.17 bits per heavy atom. The van der Waals surface area contributed by atoms with Gasteiger partial charge in [-0.3, -0.25) is 0 Å². The lowest BCUT2D eigenvalue weighted by Crippen LogP contribution is -2.11. The lowest BCUT2D eigenvalue weighted by Gasteiger charge is -2.03. The number of carboxylic acids is 1. The van der Waals surface area contributed by atoms with Gasteiger partial charge in [-0.1, -0.05) is 17.7 Å². The van der Waals surface area contributed by atoms with Crippen molar-refractivity contribution in [2.75, 3.05) is 0 Å². The fraction of sp³-hybridized carbons (Fsp3) is 0. The fourth-order valence-corrected chi connectivity index (χ4v) is 2.02. The molecule has 0 aliphatic heterocycles. The number of hydrogen-bond donors (Lipinski definition) is 1. The summed E-state index contributed by atoms with van der Waals surface area (Å²) in [5.41, 5.74) is -0.174. The Bertz CT molecular complexity index is 611. The molecule has 2 aromatic rings. The van der Waals surface area contributed by atoms with Gasteiger partial charge in [-0.2, -0.15) is 4.37 Å². The van der Waals surface area contributed by atoms with E-state index in [1.807, 2.05) is 0 Å². The third-order valence-corrected chi connectivity index (χ3v) is 3.01. The van der Waals surface area contributed by atoms with Crippen molar-refractivity contribution in [3.63, 3.8) is 0 Å². The van der Waals surface area contributed by atoms with Crippen LogP contribution < -0.4 is 4.74 Å². The highest BCUT2D eigenvalue weighted by Crippen LogP contribution is 2.20. The van der Waals surface area contributed by atoms with Crippen molar-refractivity contribution < 1.29 is 19.4 Å². The smallest absolute Gasteiger partial charge is 0.356 e. The molecule has 18 heavy (non-hydrogen) atoms. The van der Waals surface area contributed by atoms with Gasteiger partial charge in [0.15, 0.2) is 0 Å². The van der Waals surface area contributed by atoms with Gasteiger partial charge in [0.1, 0.15) is 16.2 Å². The third-order valence-electron chi connectivity index (χ3n) is 1.99. The average Bonchev–Trinajstić information content (AvgIpc) is 2.77. The molecule has 0 aliphatic rings. The summed E-state index contributed by atoms with van der Waals surface area (Å²) in [6, 6.07) is 6.26. The quantitative estimate of drug-likeness (QED) is 0.692. The van der Waals surface area contributed by atoms with Crippen molar-refractivity contribution >= 4 is 35.1 Å². The molecule has 1 aromatic heterocycles. The zero-order chi connectivity index (χ0) is 13.1. The Labute approximate surface area is 111 Å². The van der Waals surface area contributed by atoms with Gasteiger partial charge in [-0.15, -0.1) is 0 Å². The number of carbonyl (C=O) groups excluding carboxylic acids is 1. The van der Waals surface area contributed by atoms with Crippen LogP contribution in [-0.2, 0) is 0 Å². The lowest BCUT2D eigenvalue weighted by molar-refractivity contribution is 0.0671. The number of aromatic nitrogens is 1. The molecule has 0 aliphatic carbocycles. The van der Waals surface area contributed by atoms with Gasteiger partial charge >= 0.3 is 11.9 Å². The Kier molecular flexibility index (Phi) is 3.59. The Balaban J connectivity index is 2.22. The molecular weight excluding hydrogens is 278 g/mol. The highest BCUT2D eigenvalue weighted by Gasteiger charge is 2.21. The van der Waals surface area contributed by atoms with Crippen molar-refractivity contribution in [2.24, 2.45) is 0 Å². The SMILES string of the molecule is O=C(O)c1cnsc1C(=O)Oc1cccc(Cl)c1. The van der Waals surface area contributed by atoms with Crippen molar-refractivity contribution in [2.45, 2.75) is 0 Å². The summed E-state index contributed by atoms with van der Waals surface area (Å²) < 4.78 is 8.67. The first-order valence-electron chi connectivity index (χ1n) is 4.73. The van der Waals surface area contributed by atoms with Crippen molar-refractivity contribution in [3.8, 4) is 5.75 Å². The summed E-state index contributed by atoms with van der Waals surface area (Å²) in [5, 5.41) is 9.27. The summed E-state index contributed by atoms with van der Waals surface area (Å²) in [7, 11) is 0. The predicted molar refractivity (Wildman–Crippen MR) is 65.5 cm³/mol. The van der Waals surface area contributed by atoms with Crippen LogP contribution in [0.2, 0.25) is 5.02 Å². The fourth-order valence-electron chi connectivity index (χ4n) is 1.22. The largest absolute Gasteiger partial charge is 0.478 e. The van der Waals surface area contributed by atoms with E-state index in [0.717, 1.165) is 17.7 Å². The Morgan fingerprint density at radius 1 is 1.39 bits per heavy atom. The molecule has 0 fully saturated rings. The van der Waals surface area contributed by atoms with Crippen LogP contribution in [0.1, 0.15) is 20.0 Å². The van der Waals surface area contributed by atoms with Gasteiger partial charge in [0.05, 0.1) is 6.20 Å². The van der Waals surface area contributed by atoms with Crippen LogP contribution in [-0.4, -0.2) is 21.4 Å². The van der Waals surface area contributed by atoms with E-state index in [1.54, 1.807) is 18.2 Å². The number of esters is 1. The maximum Gasteiger partial charge on any atom is 0.356 e. The molecule has 0 spiro atoms. The van der Waals surface area contributed by atoms with Crippen molar-refractivity contribution in [1.82, 2.24) is 4.37 Å². The molecule has 0 amide bonds. The molecule has 0 atom stereocenters. The first-order valence-corrected chi connectivity index (χ1v) is 5.89. The number of benzene rings is 1. The maximum absolute atomic E-state index is 11.8. The topological polar surface area (TPSA) is 76.5 Å². The van der Waals surface area contributed by atoms with Crippen molar-refractivity contribution in [3.05, 3.63) is 45.9 Å². The average molecular weight is 284 g/mol. The predicted octanol–water partition coefficient (Wildman–Crippen LogP) is 2.71. The number of nitrogens with zero attached hydrogens (tertiary/aromatic N) is 1. The highest BCUT2D eigenvalue weighted by atomic mass is 35.5. The maximum atomic E-state index is 11.8. The van der Waals surface area contributed by atoms with Crippen LogP contribution in [0.3, 0.4) is 0 Å². The van der Waals surface area contributed by atoms with Gasteiger partial charge in [0.2, 0.25) is 0 Å². The second-order valence-electron chi connectivity index (χ2n) is 3.22. The first-order chi connectivity index (χ1) is 8.58. The minimum atomic E-state index is -1.22. The monoisotopic (exact) mass is 283 g/mol. The minimum Gasteiger partial charge on any atom is -0.478 e. The van der Waals surface area contributed by atoms with Gasteiger partial charge in [0, 0.05) is 5.02 Å². The normalized spacial score (nSPS) is 10.1. The lowest BCUT2D eigenvalue weighted by atomic mass is 10.3. The molecule has 0 saturated heterocycles. The Hall–Kier alpha value is -1.92. The molecule has 0 unspecified atom stereocenters. The number of halogens is 1. The zero-order valence-electron chi connectivity index (χ0n) is 8.79.